The fraction of sp³-hybridized carbons (Fsp3) is 0.533. The standard InChI is InChI=1S/C15H19N3O5/c1-10-3-4-11(23-10)12-7-17(5-6-22-12)13(19)9-18-14(20)8-16(2)15(18)21/h3-4,12H,5-9H2,1-2H3. The highest BCUT2D eigenvalue weighted by atomic mass is 16.5. The number of amides is 4. The van der Waals surface area contributed by atoms with Crippen LogP contribution in [0.5, 0.6) is 0 Å². The predicted molar refractivity (Wildman–Crippen MR) is 78.5 cm³/mol. The van der Waals surface area contributed by atoms with E-state index in [4.69, 9.17) is 9.15 Å². The number of rotatable bonds is 3. The van der Waals surface area contributed by atoms with Crippen molar-refractivity contribution in [1.82, 2.24) is 14.7 Å². The maximum absolute atomic E-state index is 12.4. The van der Waals surface area contributed by atoms with Crippen molar-refractivity contribution < 1.29 is 23.5 Å². The molecule has 0 spiro atoms. The third-order valence-electron chi connectivity index (χ3n) is 4.02. The monoisotopic (exact) mass is 321 g/mol. The molecule has 1 aromatic heterocycles. The van der Waals surface area contributed by atoms with Crippen molar-refractivity contribution in [3.8, 4) is 0 Å². The lowest BCUT2D eigenvalue weighted by Gasteiger charge is -2.32. The molecule has 2 aliphatic heterocycles. The van der Waals surface area contributed by atoms with E-state index in [9.17, 15) is 14.4 Å². The van der Waals surface area contributed by atoms with E-state index in [1.165, 1.54) is 11.9 Å². The maximum atomic E-state index is 12.4. The van der Waals surface area contributed by atoms with Gasteiger partial charge < -0.3 is 19.0 Å². The molecule has 8 heteroatoms. The molecular formula is C15H19N3O5. The van der Waals surface area contributed by atoms with Crippen LogP contribution in [0.3, 0.4) is 0 Å². The molecule has 0 saturated carbocycles. The quantitative estimate of drug-likeness (QED) is 0.752. The normalized spacial score (nSPS) is 22.2. The largest absolute Gasteiger partial charge is 0.464 e. The highest BCUT2D eigenvalue weighted by Crippen LogP contribution is 2.24. The molecule has 0 aromatic carbocycles. The summed E-state index contributed by atoms with van der Waals surface area (Å²) in [6.07, 6.45) is -0.325. The van der Waals surface area contributed by atoms with Crippen molar-refractivity contribution >= 4 is 17.8 Å². The van der Waals surface area contributed by atoms with Crippen LogP contribution in [0.4, 0.5) is 4.79 Å². The Hall–Kier alpha value is -2.35. The fourth-order valence-electron chi connectivity index (χ4n) is 2.73. The minimum atomic E-state index is -0.435. The molecule has 124 valence electrons. The van der Waals surface area contributed by atoms with E-state index in [-0.39, 0.29) is 31.0 Å². The van der Waals surface area contributed by atoms with Gasteiger partial charge in [0.1, 0.15) is 30.7 Å². The van der Waals surface area contributed by atoms with Gasteiger partial charge in [-0.25, -0.2) is 4.79 Å². The van der Waals surface area contributed by atoms with Crippen LogP contribution in [0, 0.1) is 6.92 Å². The summed E-state index contributed by atoms with van der Waals surface area (Å²) in [5.74, 6) is 0.840. The molecule has 2 saturated heterocycles. The zero-order chi connectivity index (χ0) is 16.6. The number of carbonyl (C=O) groups excluding carboxylic acids is 3. The average Bonchev–Trinajstić information content (AvgIpc) is 3.06. The van der Waals surface area contributed by atoms with Gasteiger partial charge >= 0.3 is 6.03 Å². The molecule has 1 unspecified atom stereocenters. The van der Waals surface area contributed by atoms with E-state index in [1.54, 1.807) is 4.90 Å². The SMILES string of the molecule is Cc1ccc(C2CN(C(=O)CN3C(=O)CN(C)C3=O)CCO2)o1. The van der Waals surface area contributed by atoms with Crippen molar-refractivity contribution in [1.29, 1.82) is 0 Å². The number of furan rings is 1. The fourth-order valence-corrected chi connectivity index (χ4v) is 2.73. The number of carbonyl (C=O) groups is 3. The molecule has 3 rings (SSSR count). The van der Waals surface area contributed by atoms with Crippen molar-refractivity contribution in [3.05, 3.63) is 23.7 Å². The van der Waals surface area contributed by atoms with Crippen molar-refractivity contribution in [2.75, 3.05) is 39.8 Å². The zero-order valence-corrected chi connectivity index (χ0v) is 13.2. The number of hydrogen-bond donors (Lipinski definition) is 0. The minimum Gasteiger partial charge on any atom is -0.464 e. The Bertz CT molecular complexity index is 641. The summed E-state index contributed by atoms with van der Waals surface area (Å²) >= 11 is 0. The van der Waals surface area contributed by atoms with Gasteiger partial charge in [-0.3, -0.25) is 14.5 Å². The Morgan fingerprint density at radius 3 is 2.74 bits per heavy atom. The van der Waals surface area contributed by atoms with Crippen LogP contribution in [-0.2, 0) is 14.3 Å². The summed E-state index contributed by atoms with van der Waals surface area (Å²) in [5, 5.41) is 0. The zero-order valence-electron chi connectivity index (χ0n) is 13.2. The molecule has 0 radical (unpaired) electrons. The van der Waals surface area contributed by atoms with Gasteiger partial charge in [0.05, 0.1) is 13.2 Å². The van der Waals surface area contributed by atoms with Gasteiger partial charge in [0.2, 0.25) is 5.91 Å². The van der Waals surface area contributed by atoms with Crippen LogP contribution in [0.15, 0.2) is 16.5 Å². The average molecular weight is 321 g/mol. The van der Waals surface area contributed by atoms with Crippen molar-refractivity contribution in [3.63, 3.8) is 0 Å². The van der Waals surface area contributed by atoms with Crippen molar-refractivity contribution in [2.45, 2.75) is 13.0 Å². The Labute approximate surface area is 133 Å². The first-order chi connectivity index (χ1) is 11.0. The molecule has 1 atom stereocenters. The first kappa shape index (κ1) is 15.5. The van der Waals surface area contributed by atoms with E-state index in [0.717, 1.165) is 10.7 Å². The van der Waals surface area contributed by atoms with Gasteiger partial charge in [-0.2, -0.15) is 0 Å². The van der Waals surface area contributed by atoms with Crippen LogP contribution in [0.1, 0.15) is 17.6 Å². The predicted octanol–water partition coefficient (Wildman–Crippen LogP) is 0.382. The lowest BCUT2D eigenvalue weighted by molar-refractivity contribution is -0.143. The summed E-state index contributed by atoms with van der Waals surface area (Å²) < 4.78 is 11.2. The summed E-state index contributed by atoms with van der Waals surface area (Å²) in [5.41, 5.74) is 0. The van der Waals surface area contributed by atoms with E-state index < -0.39 is 6.03 Å². The van der Waals surface area contributed by atoms with Gasteiger partial charge in [-0.15, -0.1) is 0 Å². The number of nitrogens with zero attached hydrogens (tertiary/aromatic N) is 3. The Balaban J connectivity index is 1.63. The second kappa shape index (κ2) is 6.04. The van der Waals surface area contributed by atoms with Gasteiger partial charge in [-0.1, -0.05) is 0 Å². The molecule has 8 nitrogen and oxygen atoms in total. The number of aryl methyl sites for hydroxylation is 1. The smallest absolute Gasteiger partial charge is 0.327 e. The van der Waals surface area contributed by atoms with Crippen molar-refractivity contribution in [2.24, 2.45) is 0 Å². The Kier molecular flexibility index (Phi) is 4.08. The molecule has 0 aliphatic carbocycles. The third kappa shape index (κ3) is 3.07. The summed E-state index contributed by atoms with van der Waals surface area (Å²) in [6, 6.07) is 3.24. The Morgan fingerprint density at radius 1 is 1.35 bits per heavy atom. The van der Waals surface area contributed by atoms with E-state index in [2.05, 4.69) is 0 Å². The highest BCUT2D eigenvalue weighted by molar-refractivity contribution is 6.04. The molecular weight excluding hydrogens is 302 g/mol. The first-order valence-electron chi connectivity index (χ1n) is 7.47. The Morgan fingerprint density at radius 2 is 2.13 bits per heavy atom. The second-order valence-electron chi connectivity index (χ2n) is 5.77. The second-order valence-corrected chi connectivity index (χ2v) is 5.77. The lowest BCUT2D eigenvalue weighted by atomic mass is 10.2. The number of hydrogen-bond acceptors (Lipinski definition) is 5. The topological polar surface area (TPSA) is 83.3 Å². The molecule has 2 fully saturated rings. The van der Waals surface area contributed by atoms with Gasteiger partial charge in [0.15, 0.2) is 0 Å². The molecule has 0 bridgehead atoms. The van der Waals surface area contributed by atoms with Crippen LogP contribution in [-0.4, -0.2) is 72.4 Å². The van der Waals surface area contributed by atoms with Crippen LogP contribution in [0.25, 0.3) is 0 Å². The number of urea groups is 1. The van der Waals surface area contributed by atoms with Gasteiger partial charge in [0, 0.05) is 13.6 Å². The van der Waals surface area contributed by atoms with E-state index in [0.29, 0.717) is 25.5 Å². The molecule has 2 aliphatic rings. The van der Waals surface area contributed by atoms with Crippen LogP contribution < -0.4 is 0 Å². The minimum absolute atomic E-state index is 0.0174. The summed E-state index contributed by atoms with van der Waals surface area (Å²) in [4.78, 5) is 39.9. The maximum Gasteiger partial charge on any atom is 0.327 e. The molecule has 0 N–H and O–H groups in total. The van der Waals surface area contributed by atoms with E-state index >= 15 is 0 Å². The highest BCUT2D eigenvalue weighted by Gasteiger charge is 2.36. The number of imide groups is 1. The molecule has 4 amide bonds. The molecule has 23 heavy (non-hydrogen) atoms. The number of likely N-dealkylation sites (N-methyl/N-ethyl adjacent to an activating group) is 1. The summed E-state index contributed by atoms with van der Waals surface area (Å²) in [6.45, 7) is 2.79. The van der Waals surface area contributed by atoms with Gasteiger partial charge in [0.25, 0.3) is 5.91 Å². The van der Waals surface area contributed by atoms with Crippen LogP contribution in [0.2, 0.25) is 0 Å². The first-order valence-corrected chi connectivity index (χ1v) is 7.47. The van der Waals surface area contributed by atoms with E-state index in [1.807, 2.05) is 19.1 Å². The number of morpholine rings is 1. The third-order valence-corrected chi connectivity index (χ3v) is 4.02. The van der Waals surface area contributed by atoms with Crippen LogP contribution >= 0.6 is 0 Å². The molecule has 1 aromatic rings. The van der Waals surface area contributed by atoms with Gasteiger partial charge in [-0.05, 0) is 19.1 Å². The number of ether oxygens (including phenoxy) is 1. The molecule has 3 heterocycles. The summed E-state index contributed by atoms with van der Waals surface area (Å²) in [7, 11) is 1.54. The lowest BCUT2D eigenvalue weighted by Crippen LogP contribution is -2.48.